The van der Waals surface area contributed by atoms with Crippen LogP contribution in [0.3, 0.4) is 0 Å². The molecule has 0 spiro atoms. The maximum atomic E-state index is 9.36. The first kappa shape index (κ1) is 13.3. The molecular formula is C15H24N2O. The molecule has 0 radical (unpaired) electrons. The Bertz CT molecular complexity index is 371. The first-order valence-electron chi connectivity index (χ1n) is 7.19. The maximum absolute atomic E-state index is 9.36. The number of aromatic nitrogens is 1. The van der Waals surface area contributed by atoms with Crippen molar-refractivity contribution < 1.29 is 5.11 Å². The van der Waals surface area contributed by atoms with Crippen LogP contribution in [0.5, 0.6) is 0 Å². The van der Waals surface area contributed by atoms with Crippen LogP contribution in [0.4, 0.5) is 5.82 Å². The average Bonchev–Trinajstić information content (AvgIpc) is 2.67. The molecule has 1 fully saturated rings. The van der Waals surface area contributed by atoms with Gasteiger partial charge in [0.2, 0.25) is 0 Å². The van der Waals surface area contributed by atoms with Crippen molar-refractivity contribution in [2.75, 3.05) is 18.0 Å². The largest absolute Gasteiger partial charge is 0.392 e. The van der Waals surface area contributed by atoms with Crippen molar-refractivity contribution in [1.29, 1.82) is 0 Å². The molecule has 18 heavy (non-hydrogen) atoms. The molecule has 1 aliphatic rings. The summed E-state index contributed by atoms with van der Waals surface area (Å²) >= 11 is 0. The van der Waals surface area contributed by atoms with Gasteiger partial charge in [0.25, 0.3) is 0 Å². The highest BCUT2D eigenvalue weighted by Gasteiger charge is 2.12. The van der Waals surface area contributed by atoms with Crippen molar-refractivity contribution in [3.63, 3.8) is 0 Å². The van der Waals surface area contributed by atoms with E-state index in [1.54, 1.807) is 0 Å². The van der Waals surface area contributed by atoms with Crippen molar-refractivity contribution in [2.24, 2.45) is 0 Å². The van der Waals surface area contributed by atoms with Crippen LogP contribution in [-0.4, -0.2) is 23.2 Å². The first-order valence-corrected chi connectivity index (χ1v) is 7.19. The zero-order valence-electron chi connectivity index (χ0n) is 11.4. The zero-order valence-corrected chi connectivity index (χ0v) is 11.4. The van der Waals surface area contributed by atoms with E-state index in [2.05, 4.69) is 11.8 Å². The lowest BCUT2D eigenvalue weighted by Gasteiger charge is -2.22. The molecule has 100 valence electrons. The fraction of sp³-hybridized carbons (Fsp3) is 0.667. The van der Waals surface area contributed by atoms with Gasteiger partial charge in [0.05, 0.1) is 6.61 Å². The molecule has 2 rings (SSSR count). The van der Waals surface area contributed by atoms with Gasteiger partial charge in [0, 0.05) is 18.8 Å². The number of aliphatic hydroxyl groups excluding tert-OH is 1. The fourth-order valence-corrected chi connectivity index (χ4v) is 2.57. The molecule has 0 saturated carbocycles. The minimum atomic E-state index is 0.111. The molecule has 0 amide bonds. The van der Waals surface area contributed by atoms with Crippen molar-refractivity contribution in [2.45, 2.75) is 52.1 Å². The van der Waals surface area contributed by atoms with E-state index in [0.717, 1.165) is 43.0 Å². The van der Waals surface area contributed by atoms with E-state index in [9.17, 15) is 5.11 Å². The summed E-state index contributed by atoms with van der Waals surface area (Å²) in [5.74, 6) is 1.06. The van der Waals surface area contributed by atoms with Gasteiger partial charge in [0.1, 0.15) is 5.82 Å². The molecule has 0 aromatic carbocycles. The van der Waals surface area contributed by atoms with Gasteiger partial charge >= 0.3 is 0 Å². The van der Waals surface area contributed by atoms with E-state index < -0.39 is 0 Å². The van der Waals surface area contributed by atoms with Gasteiger partial charge in [0.15, 0.2) is 0 Å². The number of anilines is 1. The highest BCUT2D eigenvalue weighted by molar-refractivity contribution is 5.42. The van der Waals surface area contributed by atoms with Crippen LogP contribution >= 0.6 is 0 Å². The number of aliphatic hydroxyl groups is 1. The third kappa shape index (κ3) is 3.45. The van der Waals surface area contributed by atoms with Crippen LogP contribution in [0.15, 0.2) is 12.1 Å². The lowest BCUT2D eigenvalue weighted by molar-refractivity contribution is 0.281. The normalized spacial score (nSPS) is 16.7. The summed E-state index contributed by atoms with van der Waals surface area (Å²) in [6.45, 7) is 4.49. The molecule has 0 unspecified atom stereocenters. The Hall–Kier alpha value is -1.09. The Labute approximate surface area is 110 Å². The highest BCUT2D eigenvalue weighted by Crippen LogP contribution is 2.20. The quantitative estimate of drug-likeness (QED) is 0.890. The Morgan fingerprint density at radius 1 is 1.17 bits per heavy atom. The lowest BCUT2D eigenvalue weighted by Crippen LogP contribution is -2.25. The summed E-state index contributed by atoms with van der Waals surface area (Å²) in [6, 6.07) is 4.08. The molecule has 3 heteroatoms. The summed E-state index contributed by atoms with van der Waals surface area (Å²) in [7, 11) is 0. The third-order valence-corrected chi connectivity index (χ3v) is 3.54. The Morgan fingerprint density at radius 3 is 2.50 bits per heavy atom. The van der Waals surface area contributed by atoms with Crippen molar-refractivity contribution in [1.82, 2.24) is 4.98 Å². The number of nitrogens with zero attached hydrogens (tertiary/aromatic N) is 2. The standard InChI is InChI=1S/C15H24N2O/c1-2-7-14-10-13(12-18)11-15(16-14)17-8-5-3-4-6-9-17/h10-11,18H,2-9,12H2,1H3. The summed E-state index contributed by atoms with van der Waals surface area (Å²) in [5.41, 5.74) is 2.11. The van der Waals surface area contributed by atoms with E-state index in [1.807, 2.05) is 12.1 Å². The molecule has 1 aromatic heterocycles. The van der Waals surface area contributed by atoms with Crippen LogP contribution in [0, 0.1) is 0 Å². The minimum Gasteiger partial charge on any atom is -0.392 e. The fourth-order valence-electron chi connectivity index (χ4n) is 2.57. The van der Waals surface area contributed by atoms with E-state index >= 15 is 0 Å². The van der Waals surface area contributed by atoms with Crippen LogP contribution in [0.25, 0.3) is 0 Å². The summed E-state index contributed by atoms with van der Waals surface area (Å²) < 4.78 is 0. The van der Waals surface area contributed by atoms with E-state index in [-0.39, 0.29) is 6.61 Å². The second-order valence-electron chi connectivity index (χ2n) is 5.13. The molecule has 1 saturated heterocycles. The SMILES string of the molecule is CCCc1cc(CO)cc(N2CCCCCC2)n1. The van der Waals surface area contributed by atoms with Crippen molar-refractivity contribution in [3.8, 4) is 0 Å². The topological polar surface area (TPSA) is 36.4 Å². The van der Waals surface area contributed by atoms with E-state index in [4.69, 9.17) is 4.98 Å². The number of pyridine rings is 1. The van der Waals surface area contributed by atoms with Crippen LogP contribution in [0.1, 0.15) is 50.3 Å². The predicted molar refractivity (Wildman–Crippen MR) is 74.8 cm³/mol. The third-order valence-electron chi connectivity index (χ3n) is 3.54. The zero-order chi connectivity index (χ0) is 12.8. The maximum Gasteiger partial charge on any atom is 0.129 e. The monoisotopic (exact) mass is 248 g/mol. The molecule has 2 heterocycles. The average molecular weight is 248 g/mol. The van der Waals surface area contributed by atoms with Gasteiger partial charge in [-0.2, -0.15) is 0 Å². The molecule has 0 aliphatic carbocycles. The Morgan fingerprint density at radius 2 is 1.89 bits per heavy atom. The molecule has 0 bridgehead atoms. The second kappa shape index (κ2) is 6.74. The number of hydrogen-bond acceptors (Lipinski definition) is 3. The summed E-state index contributed by atoms with van der Waals surface area (Å²) in [6.07, 6.45) is 7.27. The minimum absolute atomic E-state index is 0.111. The highest BCUT2D eigenvalue weighted by atomic mass is 16.3. The van der Waals surface area contributed by atoms with E-state index in [1.165, 1.54) is 25.7 Å². The van der Waals surface area contributed by atoms with Crippen LogP contribution in [-0.2, 0) is 13.0 Å². The van der Waals surface area contributed by atoms with Crippen LogP contribution in [0.2, 0.25) is 0 Å². The summed E-state index contributed by atoms with van der Waals surface area (Å²) in [4.78, 5) is 7.13. The predicted octanol–water partition coefficient (Wildman–Crippen LogP) is 2.91. The molecule has 0 atom stereocenters. The molecule has 3 nitrogen and oxygen atoms in total. The van der Waals surface area contributed by atoms with E-state index in [0.29, 0.717) is 0 Å². The first-order chi connectivity index (χ1) is 8.83. The number of aryl methyl sites for hydroxylation is 1. The smallest absolute Gasteiger partial charge is 0.129 e. The molecular weight excluding hydrogens is 224 g/mol. The Balaban J connectivity index is 2.21. The summed E-state index contributed by atoms with van der Waals surface area (Å²) in [5, 5.41) is 9.36. The van der Waals surface area contributed by atoms with Gasteiger partial charge in [-0.3, -0.25) is 0 Å². The van der Waals surface area contributed by atoms with Gasteiger partial charge in [-0.05, 0) is 37.0 Å². The van der Waals surface area contributed by atoms with Gasteiger partial charge in [-0.25, -0.2) is 4.98 Å². The van der Waals surface area contributed by atoms with Gasteiger partial charge < -0.3 is 10.0 Å². The lowest BCUT2D eigenvalue weighted by atomic mass is 10.1. The molecule has 1 aliphatic heterocycles. The van der Waals surface area contributed by atoms with Gasteiger partial charge in [-0.15, -0.1) is 0 Å². The van der Waals surface area contributed by atoms with Crippen LogP contribution < -0.4 is 4.90 Å². The molecule has 1 aromatic rings. The van der Waals surface area contributed by atoms with Gasteiger partial charge in [-0.1, -0.05) is 26.2 Å². The Kier molecular flexibility index (Phi) is 5.00. The second-order valence-corrected chi connectivity index (χ2v) is 5.13. The number of rotatable bonds is 4. The number of hydrogen-bond donors (Lipinski definition) is 1. The molecule has 1 N–H and O–H groups in total. The van der Waals surface area contributed by atoms with Crippen molar-refractivity contribution in [3.05, 3.63) is 23.4 Å². The van der Waals surface area contributed by atoms with Crippen molar-refractivity contribution >= 4 is 5.82 Å².